The highest BCUT2D eigenvalue weighted by Crippen LogP contribution is 2.28. The van der Waals surface area contributed by atoms with Crippen molar-refractivity contribution in [3.63, 3.8) is 0 Å². The summed E-state index contributed by atoms with van der Waals surface area (Å²) in [7, 11) is 3.79. The molecule has 0 aliphatic rings. The first-order valence-corrected chi connectivity index (χ1v) is 6.33. The first-order valence-electron chi connectivity index (χ1n) is 5.39. The van der Waals surface area contributed by atoms with Gasteiger partial charge in [0.15, 0.2) is 0 Å². The normalized spacial score (nSPS) is 15.2. The molecule has 2 atom stereocenters. The van der Waals surface area contributed by atoms with Gasteiger partial charge in [-0.3, -0.25) is 0 Å². The number of methoxy groups -OCH3 is 1. The van der Waals surface area contributed by atoms with Gasteiger partial charge in [0.25, 0.3) is 0 Å². The van der Waals surface area contributed by atoms with Crippen molar-refractivity contribution in [2.75, 3.05) is 20.8 Å². The first kappa shape index (κ1) is 12.7. The fraction of sp³-hybridized carbons (Fsp3) is 0.667. The van der Waals surface area contributed by atoms with E-state index in [9.17, 15) is 0 Å². The standard InChI is InChI=1S/C12H21NOS/c1-9(5-6-14-4)12(13-3)11-8-15-7-10(11)2/h7-9,12-13H,5-6H2,1-4H3. The van der Waals surface area contributed by atoms with E-state index < -0.39 is 0 Å². The Bertz CT molecular complexity index is 285. The molecule has 86 valence electrons. The number of nitrogens with one attached hydrogen (secondary N) is 1. The van der Waals surface area contributed by atoms with Gasteiger partial charge in [0.05, 0.1) is 0 Å². The largest absolute Gasteiger partial charge is 0.385 e. The smallest absolute Gasteiger partial charge is 0.0465 e. The molecule has 0 spiro atoms. The third-order valence-electron chi connectivity index (χ3n) is 2.89. The van der Waals surface area contributed by atoms with Gasteiger partial charge in [0.1, 0.15) is 0 Å². The van der Waals surface area contributed by atoms with Gasteiger partial charge in [0, 0.05) is 19.8 Å². The molecule has 2 unspecified atom stereocenters. The summed E-state index contributed by atoms with van der Waals surface area (Å²) in [6.45, 7) is 5.29. The van der Waals surface area contributed by atoms with Crippen LogP contribution in [0.4, 0.5) is 0 Å². The van der Waals surface area contributed by atoms with Crippen molar-refractivity contribution in [3.05, 3.63) is 21.9 Å². The molecule has 1 heterocycles. The van der Waals surface area contributed by atoms with Gasteiger partial charge in [-0.15, -0.1) is 0 Å². The summed E-state index contributed by atoms with van der Waals surface area (Å²) in [5.41, 5.74) is 2.83. The SMILES string of the molecule is CNC(c1cscc1C)C(C)CCOC. The second kappa shape index (κ2) is 6.26. The topological polar surface area (TPSA) is 21.3 Å². The summed E-state index contributed by atoms with van der Waals surface area (Å²) in [6, 6.07) is 0.450. The van der Waals surface area contributed by atoms with E-state index in [-0.39, 0.29) is 0 Å². The number of hydrogen-bond donors (Lipinski definition) is 1. The Hall–Kier alpha value is -0.380. The molecular formula is C12H21NOS. The molecule has 3 heteroatoms. The minimum absolute atomic E-state index is 0.450. The van der Waals surface area contributed by atoms with Crippen LogP contribution in [0, 0.1) is 12.8 Å². The summed E-state index contributed by atoms with van der Waals surface area (Å²) in [5.74, 6) is 0.600. The molecule has 1 N–H and O–H groups in total. The number of hydrogen-bond acceptors (Lipinski definition) is 3. The number of aryl methyl sites for hydroxylation is 1. The van der Waals surface area contributed by atoms with Crippen LogP contribution >= 0.6 is 11.3 Å². The lowest BCUT2D eigenvalue weighted by Crippen LogP contribution is -2.24. The van der Waals surface area contributed by atoms with E-state index in [1.54, 1.807) is 18.4 Å². The van der Waals surface area contributed by atoms with Crippen LogP contribution in [0.25, 0.3) is 0 Å². The van der Waals surface area contributed by atoms with Crippen molar-refractivity contribution < 1.29 is 4.74 Å². The molecule has 0 saturated carbocycles. The molecule has 0 saturated heterocycles. The van der Waals surface area contributed by atoms with Crippen LogP contribution in [0.1, 0.15) is 30.5 Å². The Labute approximate surface area is 96.7 Å². The highest BCUT2D eigenvalue weighted by Gasteiger charge is 2.19. The summed E-state index contributed by atoms with van der Waals surface area (Å²) < 4.78 is 5.13. The highest BCUT2D eigenvalue weighted by atomic mass is 32.1. The van der Waals surface area contributed by atoms with Gasteiger partial charge in [-0.25, -0.2) is 0 Å². The lowest BCUT2D eigenvalue weighted by molar-refractivity contribution is 0.171. The van der Waals surface area contributed by atoms with Crippen LogP contribution in [0.15, 0.2) is 10.8 Å². The van der Waals surface area contributed by atoms with Gasteiger partial charge in [0.2, 0.25) is 0 Å². The van der Waals surface area contributed by atoms with Gasteiger partial charge in [-0.1, -0.05) is 6.92 Å². The predicted octanol–water partition coefficient (Wildman–Crippen LogP) is 2.99. The Morgan fingerprint density at radius 3 is 2.67 bits per heavy atom. The molecule has 0 fully saturated rings. The lowest BCUT2D eigenvalue weighted by atomic mass is 9.92. The van der Waals surface area contributed by atoms with E-state index in [2.05, 4.69) is 29.9 Å². The number of ether oxygens (including phenoxy) is 1. The van der Waals surface area contributed by atoms with E-state index in [4.69, 9.17) is 4.74 Å². The predicted molar refractivity (Wildman–Crippen MR) is 66.5 cm³/mol. The Morgan fingerprint density at radius 1 is 1.47 bits per heavy atom. The van der Waals surface area contributed by atoms with Crippen molar-refractivity contribution in [2.45, 2.75) is 26.3 Å². The average Bonchev–Trinajstić information content (AvgIpc) is 2.63. The highest BCUT2D eigenvalue weighted by molar-refractivity contribution is 7.08. The molecule has 0 radical (unpaired) electrons. The number of thiophene rings is 1. The van der Waals surface area contributed by atoms with Crippen LogP contribution in [0.5, 0.6) is 0 Å². The summed E-state index contributed by atoms with van der Waals surface area (Å²) in [6.07, 6.45) is 1.09. The summed E-state index contributed by atoms with van der Waals surface area (Å²) in [4.78, 5) is 0. The van der Waals surface area contributed by atoms with Gasteiger partial charge in [-0.05, 0) is 48.2 Å². The Balaban J connectivity index is 2.67. The van der Waals surface area contributed by atoms with E-state index in [1.807, 2.05) is 7.05 Å². The van der Waals surface area contributed by atoms with Crippen LogP contribution in [0.2, 0.25) is 0 Å². The fourth-order valence-electron chi connectivity index (χ4n) is 1.91. The van der Waals surface area contributed by atoms with Crippen LogP contribution in [-0.2, 0) is 4.74 Å². The molecule has 0 aromatic carbocycles. The zero-order valence-corrected chi connectivity index (χ0v) is 10.9. The Kier molecular flexibility index (Phi) is 5.29. The molecule has 2 nitrogen and oxygen atoms in total. The summed E-state index contributed by atoms with van der Waals surface area (Å²) >= 11 is 1.78. The van der Waals surface area contributed by atoms with Crippen molar-refractivity contribution >= 4 is 11.3 Å². The maximum atomic E-state index is 5.13. The molecule has 1 rings (SSSR count). The van der Waals surface area contributed by atoms with E-state index in [0.717, 1.165) is 13.0 Å². The minimum atomic E-state index is 0.450. The minimum Gasteiger partial charge on any atom is -0.385 e. The monoisotopic (exact) mass is 227 g/mol. The molecule has 0 aliphatic carbocycles. The van der Waals surface area contributed by atoms with E-state index in [0.29, 0.717) is 12.0 Å². The lowest BCUT2D eigenvalue weighted by Gasteiger charge is -2.23. The third kappa shape index (κ3) is 3.30. The van der Waals surface area contributed by atoms with Crippen molar-refractivity contribution in [1.29, 1.82) is 0 Å². The maximum Gasteiger partial charge on any atom is 0.0465 e. The fourth-order valence-corrected chi connectivity index (χ4v) is 2.79. The van der Waals surface area contributed by atoms with Crippen LogP contribution in [-0.4, -0.2) is 20.8 Å². The van der Waals surface area contributed by atoms with Crippen molar-refractivity contribution in [1.82, 2.24) is 5.32 Å². The van der Waals surface area contributed by atoms with Crippen molar-refractivity contribution in [2.24, 2.45) is 5.92 Å². The van der Waals surface area contributed by atoms with Gasteiger partial charge in [-0.2, -0.15) is 11.3 Å². The third-order valence-corrected chi connectivity index (χ3v) is 3.77. The number of rotatable bonds is 6. The molecule has 0 amide bonds. The second-order valence-electron chi connectivity index (χ2n) is 4.04. The maximum absolute atomic E-state index is 5.13. The van der Waals surface area contributed by atoms with Gasteiger partial charge < -0.3 is 10.1 Å². The van der Waals surface area contributed by atoms with E-state index in [1.165, 1.54) is 11.1 Å². The van der Waals surface area contributed by atoms with Gasteiger partial charge >= 0.3 is 0 Å². The molecular weight excluding hydrogens is 206 g/mol. The second-order valence-corrected chi connectivity index (χ2v) is 4.78. The molecule has 0 aliphatic heterocycles. The zero-order valence-electron chi connectivity index (χ0n) is 10.0. The van der Waals surface area contributed by atoms with E-state index >= 15 is 0 Å². The molecule has 0 bridgehead atoms. The first-order chi connectivity index (χ1) is 7.20. The molecule has 1 aromatic heterocycles. The summed E-state index contributed by atoms with van der Waals surface area (Å²) in [5, 5.41) is 7.87. The van der Waals surface area contributed by atoms with Crippen LogP contribution < -0.4 is 5.32 Å². The van der Waals surface area contributed by atoms with Crippen LogP contribution in [0.3, 0.4) is 0 Å². The average molecular weight is 227 g/mol. The molecule has 1 aromatic rings. The molecule has 15 heavy (non-hydrogen) atoms. The zero-order chi connectivity index (χ0) is 11.3. The van der Waals surface area contributed by atoms with Crippen molar-refractivity contribution in [3.8, 4) is 0 Å². The quantitative estimate of drug-likeness (QED) is 0.806. The Morgan fingerprint density at radius 2 is 2.20 bits per heavy atom.